The summed E-state index contributed by atoms with van der Waals surface area (Å²) in [6.45, 7) is 4.39. The third-order valence-corrected chi connectivity index (χ3v) is 1.17. The molecule has 5 heteroatoms. The molecule has 0 amide bonds. The van der Waals surface area contributed by atoms with Gasteiger partial charge in [0.05, 0.1) is 0 Å². The van der Waals surface area contributed by atoms with Crippen molar-refractivity contribution in [1.82, 2.24) is 0 Å². The van der Waals surface area contributed by atoms with Gasteiger partial charge in [0, 0.05) is 6.08 Å². The molecule has 0 aliphatic rings. The first-order valence-corrected chi connectivity index (χ1v) is 3.23. The number of ether oxygens (including phenoxy) is 1. The molecule has 0 bridgehead atoms. The molecule has 0 rings (SSSR count). The molecule has 0 aromatic heterocycles. The Bertz CT molecular complexity index is 198. The highest BCUT2D eigenvalue weighted by Crippen LogP contribution is 1.99. The normalized spacial score (nSPS) is 14.5. The van der Waals surface area contributed by atoms with Crippen molar-refractivity contribution >= 4 is 11.9 Å². The van der Waals surface area contributed by atoms with Crippen LogP contribution in [0.1, 0.15) is 6.92 Å². The molecule has 0 saturated carbocycles. The number of hydrogen-bond acceptors (Lipinski definition) is 4. The van der Waals surface area contributed by atoms with Gasteiger partial charge >= 0.3 is 11.9 Å². The fourth-order valence-corrected chi connectivity index (χ4v) is 0.497. The first-order chi connectivity index (χ1) is 5.49. The number of carbonyl (C=O) groups is 2. The fourth-order valence-electron chi connectivity index (χ4n) is 0.497. The van der Waals surface area contributed by atoms with Gasteiger partial charge in [-0.15, -0.1) is 0 Å². The van der Waals surface area contributed by atoms with Crippen LogP contribution >= 0.6 is 0 Å². The van der Waals surface area contributed by atoms with Crippen molar-refractivity contribution in [3.8, 4) is 0 Å². The summed E-state index contributed by atoms with van der Waals surface area (Å²) in [5.41, 5.74) is 0. The lowest BCUT2D eigenvalue weighted by Crippen LogP contribution is -2.34. The highest BCUT2D eigenvalue weighted by Gasteiger charge is 2.23. The number of carbonyl (C=O) groups excluding carboxylic acids is 1. The molecule has 2 unspecified atom stereocenters. The first kappa shape index (κ1) is 10.6. The molecule has 0 aliphatic heterocycles. The van der Waals surface area contributed by atoms with Crippen molar-refractivity contribution in [2.75, 3.05) is 0 Å². The van der Waals surface area contributed by atoms with Gasteiger partial charge in [-0.3, -0.25) is 0 Å². The number of hydrogen-bond donors (Lipinski definition) is 2. The molecular weight excluding hydrogens is 164 g/mol. The van der Waals surface area contributed by atoms with Crippen molar-refractivity contribution < 1.29 is 24.5 Å². The summed E-state index contributed by atoms with van der Waals surface area (Å²) in [6, 6.07) is 0. The van der Waals surface area contributed by atoms with E-state index in [0.29, 0.717) is 0 Å². The highest BCUT2D eigenvalue weighted by molar-refractivity contribution is 5.82. The number of aliphatic carboxylic acids is 1. The summed E-state index contributed by atoms with van der Waals surface area (Å²) < 4.78 is 4.43. The van der Waals surface area contributed by atoms with Gasteiger partial charge in [-0.2, -0.15) is 0 Å². The van der Waals surface area contributed by atoms with Crippen LogP contribution in [0.3, 0.4) is 0 Å². The smallest absolute Gasteiger partial charge is 0.336 e. The Balaban J connectivity index is 4.03. The summed E-state index contributed by atoms with van der Waals surface area (Å²) in [4.78, 5) is 20.6. The lowest BCUT2D eigenvalue weighted by molar-refractivity contribution is -0.160. The molecule has 0 heterocycles. The van der Waals surface area contributed by atoms with Gasteiger partial charge in [0.1, 0.15) is 6.10 Å². The predicted octanol–water partition coefficient (Wildman–Crippen LogP) is -0.450. The number of carboxylic acids is 1. The van der Waals surface area contributed by atoms with Crippen LogP contribution in [-0.2, 0) is 14.3 Å². The minimum atomic E-state index is -1.70. The van der Waals surface area contributed by atoms with Crippen LogP contribution in [0.15, 0.2) is 12.7 Å². The zero-order chi connectivity index (χ0) is 9.72. The van der Waals surface area contributed by atoms with E-state index in [1.165, 1.54) is 6.92 Å². The lowest BCUT2D eigenvalue weighted by atomic mass is 10.2. The SMILES string of the molecule is C=CC(=O)OC(C)C(O)C(=O)O. The van der Waals surface area contributed by atoms with Crippen LogP contribution in [0.25, 0.3) is 0 Å². The molecule has 12 heavy (non-hydrogen) atoms. The maximum absolute atomic E-state index is 10.5. The Kier molecular flexibility index (Phi) is 3.99. The van der Waals surface area contributed by atoms with E-state index in [2.05, 4.69) is 11.3 Å². The van der Waals surface area contributed by atoms with E-state index in [-0.39, 0.29) is 0 Å². The van der Waals surface area contributed by atoms with Crippen molar-refractivity contribution in [1.29, 1.82) is 0 Å². The largest absolute Gasteiger partial charge is 0.479 e. The second-order valence-corrected chi connectivity index (χ2v) is 2.13. The molecule has 0 fully saturated rings. The van der Waals surface area contributed by atoms with Gasteiger partial charge in [-0.05, 0) is 6.92 Å². The Morgan fingerprint density at radius 1 is 1.58 bits per heavy atom. The van der Waals surface area contributed by atoms with E-state index < -0.39 is 24.1 Å². The maximum atomic E-state index is 10.5. The molecule has 68 valence electrons. The van der Waals surface area contributed by atoms with Gasteiger partial charge < -0.3 is 14.9 Å². The van der Waals surface area contributed by atoms with Gasteiger partial charge in [0.2, 0.25) is 0 Å². The van der Waals surface area contributed by atoms with Crippen LogP contribution in [0, 0.1) is 0 Å². The van der Waals surface area contributed by atoms with Crippen LogP contribution in [-0.4, -0.2) is 34.4 Å². The third kappa shape index (κ3) is 3.16. The first-order valence-electron chi connectivity index (χ1n) is 3.23. The van der Waals surface area contributed by atoms with Crippen molar-refractivity contribution in [3.63, 3.8) is 0 Å². The van der Waals surface area contributed by atoms with Gasteiger partial charge in [0.25, 0.3) is 0 Å². The average molecular weight is 174 g/mol. The van der Waals surface area contributed by atoms with E-state index in [1.807, 2.05) is 0 Å². The summed E-state index contributed by atoms with van der Waals surface area (Å²) >= 11 is 0. The Morgan fingerprint density at radius 2 is 2.08 bits per heavy atom. The van der Waals surface area contributed by atoms with E-state index >= 15 is 0 Å². The number of aliphatic hydroxyl groups excluding tert-OH is 1. The topological polar surface area (TPSA) is 83.8 Å². The fraction of sp³-hybridized carbons (Fsp3) is 0.429. The molecular formula is C7H10O5. The third-order valence-electron chi connectivity index (χ3n) is 1.17. The lowest BCUT2D eigenvalue weighted by Gasteiger charge is -2.14. The molecule has 2 atom stereocenters. The monoisotopic (exact) mass is 174 g/mol. The van der Waals surface area contributed by atoms with E-state index in [0.717, 1.165) is 6.08 Å². The number of esters is 1. The number of rotatable bonds is 4. The van der Waals surface area contributed by atoms with E-state index in [4.69, 9.17) is 10.2 Å². The minimum Gasteiger partial charge on any atom is -0.479 e. The van der Waals surface area contributed by atoms with Crippen LogP contribution in [0.5, 0.6) is 0 Å². The summed E-state index contributed by atoms with van der Waals surface area (Å²) in [5, 5.41) is 17.1. The van der Waals surface area contributed by atoms with Gasteiger partial charge in [-0.1, -0.05) is 6.58 Å². The standard InChI is InChI=1S/C7H10O5/c1-3-5(8)12-4(2)6(9)7(10)11/h3-4,6,9H,1H2,2H3,(H,10,11). The molecule has 0 aromatic rings. The van der Waals surface area contributed by atoms with Gasteiger partial charge in [-0.25, -0.2) is 9.59 Å². The second kappa shape index (κ2) is 4.50. The van der Waals surface area contributed by atoms with Crippen LogP contribution < -0.4 is 0 Å². The zero-order valence-electron chi connectivity index (χ0n) is 6.56. The second-order valence-electron chi connectivity index (χ2n) is 2.13. The summed E-state index contributed by atoms with van der Waals surface area (Å²) in [6.07, 6.45) is -1.88. The Hall–Kier alpha value is -1.36. The van der Waals surface area contributed by atoms with Crippen molar-refractivity contribution in [2.24, 2.45) is 0 Å². The minimum absolute atomic E-state index is 0.761. The molecule has 0 radical (unpaired) electrons. The van der Waals surface area contributed by atoms with E-state index in [1.54, 1.807) is 0 Å². The molecule has 0 saturated heterocycles. The quantitative estimate of drug-likeness (QED) is 0.445. The Labute approximate surface area is 69.3 Å². The van der Waals surface area contributed by atoms with Gasteiger partial charge in [0.15, 0.2) is 6.10 Å². The van der Waals surface area contributed by atoms with Crippen molar-refractivity contribution in [3.05, 3.63) is 12.7 Å². The summed E-state index contributed by atoms with van der Waals surface area (Å²) in [5.74, 6) is -2.19. The molecule has 5 nitrogen and oxygen atoms in total. The average Bonchev–Trinajstić information content (AvgIpc) is 2.02. The van der Waals surface area contributed by atoms with Crippen LogP contribution in [0.4, 0.5) is 0 Å². The number of carboxylic acid groups (broad SMARTS) is 1. The molecule has 0 aliphatic carbocycles. The molecule has 0 aromatic carbocycles. The Morgan fingerprint density at radius 3 is 2.42 bits per heavy atom. The highest BCUT2D eigenvalue weighted by atomic mass is 16.6. The van der Waals surface area contributed by atoms with E-state index in [9.17, 15) is 9.59 Å². The molecule has 0 spiro atoms. The number of aliphatic hydroxyl groups is 1. The zero-order valence-corrected chi connectivity index (χ0v) is 6.56. The molecule has 2 N–H and O–H groups in total. The predicted molar refractivity (Wildman–Crippen MR) is 39.4 cm³/mol. The summed E-state index contributed by atoms with van der Waals surface area (Å²) in [7, 11) is 0. The van der Waals surface area contributed by atoms with Crippen LogP contribution in [0.2, 0.25) is 0 Å². The maximum Gasteiger partial charge on any atom is 0.336 e. The van der Waals surface area contributed by atoms with Crippen molar-refractivity contribution in [2.45, 2.75) is 19.1 Å².